The van der Waals surface area contributed by atoms with Crippen LogP contribution in [0.4, 0.5) is 11.4 Å². The van der Waals surface area contributed by atoms with E-state index in [2.05, 4.69) is 44.8 Å². The Morgan fingerprint density at radius 3 is 2.82 bits per heavy atom. The molecule has 0 spiro atoms. The van der Waals surface area contributed by atoms with Crippen molar-refractivity contribution in [2.75, 3.05) is 25.5 Å². The minimum Gasteiger partial charge on any atom is -0.376 e. The predicted molar refractivity (Wildman–Crippen MR) is 95.3 cm³/mol. The highest BCUT2D eigenvalue weighted by Crippen LogP contribution is 2.33. The fourth-order valence-corrected chi connectivity index (χ4v) is 3.29. The van der Waals surface area contributed by atoms with Gasteiger partial charge < -0.3 is 10.2 Å². The topological polar surface area (TPSA) is 71.3 Å². The van der Waals surface area contributed by atoms with Gasteiger partial charge in [0, 0.05) is 15.0 Å². The lowest BCUT2D eigenvalue weighted by molar-refractivity contribution is -0.384. The number of pyridine rings is 1. The number of nitrogens with zero attached hydrogens (tertiary/aromatic N) is 3. The molecule has 1 saturated heterocycles. The van der Waals surface area contributed by atoms with Gasteiger partial charge in [0.25, 0.3) is 0 Å². The Labute approximate surface area is 142 Å². The molecule has 2 aromatic rings. The molecule has 0 aliphatic carbocycles. The van der Waals surface area contributed by atoms with Gasteiger partial charge in [-0.3, -0.25) is 10.1 Å². The van der Waals surface area contributed by atoms with Crippen LogP contribution in [-0.4, -0.2) is 41.0 Å². The number of nitro groups is 1. The van der Waals surface area contributed by atoms with Crippen LogP contribution < -0.4 is 5.32 Å². The fraction of sp³-hybridized carbons (Fsp3) is 0.400. The summed E-state index contributed by atoms with van der Waals surface area (Å²) >= 11 is 2.22. The lowest BCUT2D eigenvalue weighted by Gasteiger charge is -2.30. The first-order valence-electron chi connectivity index (χ1n) is 7.22. The molecule has 1 aromatic heterocycles. The second kappa shape index (κ2) is 6.33. The van der Waals surface area contributed by atoms with Crippen molar-refractivity contribution in [3.63, 3.8) is 0 Å². The highest BCUT2D eigenvalue weighted by atomic mass is 127. The van der Waals surface area contributed by atoms with Crippen molar-refractivity contribution in [3.05, 3.63) is 38.1 Å². The third kappa shape index (κ3) is 3.14. The molecule has 22 heavy (non-hydrogen) atoms. The van der Waals surface area contributed by atoms with E-state index in [0.717, 1.165) is 40.4 Å². The van der Waals surface area contributed by atoms with Gasteiger partial charge in [0.05, 0.1) is 10.4 Å². The van der Waals surface area contributed by atoms with Gasteiger partial charge in [0.2, 0.25) is 0 Å². The Bertz CT molecular complexity index is 714. The number of anilines is 1. The Kier molecular flexibility index (Phi) is 4.44. The first-order chi connectivity index (χ1) is 10.5. The summed E-state index contributed by atoms with van der Waals surface area (Å²) in [7, 11) is 2.10. The molecule has 3 rings (SSSR count). The van der Waals surface area contributed by atoms with Crippen molar-refractivity contribution in [1.82, 2.24) is 9.88 Å². The van der Waals surface area contributed by atoms with E-state index in [1.165, 1.54) is 6.20 Å². The largest absolute Gasteiger partial charge is 0.376 e. The molecule has 0 saturated carbocycles. The van der Waals surface area contributed by atoms with Gasteiger partial charge in [0.1, 0.15) is 11.9 Å². The number of hydrogen-bond acceptors (Lipinski definition) is 5. The number of benzene rings is 1. The average Bonchev–Trinajstić information content (AvgIpc) is 2.49. The molecule has 0 radical (unpaired) electrons. The van der Waals surface area contributed by atoms with Crippen LogP contribution in [0.1, 0.15) is 12.8 Å². The minimum absolute atomic E-state index is 0.0495. The van der Waals surface area contributed by atoms with Crippen LogP contribution in [0.25, 0.3) is 10.9 Å². The first-order valence-corrected chi connectivity index (χ1v) is 8.30. The minimum atomic E-state index is -0.358. The summed E-state index contributed by atoms with van der Waals surface area (Å²) in [5.74, 6) is 0. The molecule has 116 valence electrons. The van der Waals surface area contributed by atoms with Crippen molar-refractivity contribution in [1.29, 1.82) is 0 Å². The average molecular weight is 412 g/mol. The van der Waals surface area contributed by atoms with E-state index in [4.69, 9.17) is 0 Å². The molecule has 1 aliphatic heterocycles. The van der Waals surface area contributed by atoms with Crippen LogP contribution >= 0.6 is 22.6 Å². The molecule has 0 amide bonds. The number of likely N-dealkylation sites (tertiary alicyclic amines) is 1. The number of piperidine rings is 1. The Morgan fingerprint density at radius 1 is 1.41 bits per heavy atom. The second-order valence-electron chi connectivity index (χ2n) is 5.66. The molecule has 1 fully saturated rings. The van der Waals surface area contributed by atoms with Crippen molar-refractivity contribution in [2.24, 2.45) is 0 Å². The molecule has 6 nitrogen and oxygen atoms in total. The summed E-state index contributed by atoms with van der Waals surface area (Å²) in [4.78, 5) is 17.5. The monoisotopic (exact) mass is 412 g/mol. The predicted octanol–water partition coefficient (Wildman–Crippen LogP) is 3.25. The third-order valence-electron chi connectivity index (χ3n) is 4.07. The molecule has 7 heteroatoms. The van der Waals surface area contributed by atoms with Gasteiger partial charge in [-0.1, -0.05) is 0 Å². The zero-order valence-electron chi connectivity index (χ0n) is 12.3. The maximum absolute atomic E-state index is 11.4. The van der Waals surface area contributed by atoms with Gasteiger partial charge in [-0.25, -0.2) is 4.98 Å². The van der Waals surface area contributed by atoms with Gasteiger partial charge in [-0.05, 0) is 73.8 Å². The summed E-state index contributed by atoms with van der Waals surface area (Å²) in [6.07, 6.45) is 3.33. The van der Waals surface area contributed by atoms with E-state index in [1.807, 2.05) is 18.2 Å². The summed E-state index contributed by atoms with van der Waals surface area (Å²) in [6, 6.07) is 6.08. The molecule has 0 unspecified atom stereocenters. The Morgan fingerprint density at radius 2 is 2.14 bits per heavy atom. The summed E-state index contributed by atoms with van der Waals surface area (Å²) in [6.45, 7) is 2.01. The van der Waals surface area contributed by atoms with Gasteiger partial charge in [-0.15, -0.1) is 0 Å². The Hall–Kier alpha value is -1.48. The van der Waals surface area contributed by atoms with E-state index in [0.29, 0.717) is 5.69 Å². The maximum Gasteiger partial charge on any atom is 0.311 e. The number of halogens is 1. The zero-order valence-corrected chi connectivity index (χ0v) is 14.4. The zero-order chi connectivity index (χ0) is 15.7. The standard InChI is InChI=1S/C15H17IN4O2/c1-19-6-4-11(5-7-19)18-15-12-8-10(16)2-3-13(12)17-9-14(15)20(21)22/h2-3,8-9,11H,4-7H2,1H3,(H,17,18). The molecular formula is C15H17IN4O2. The van der Waals surface area contributed by atoms with E-state index in [1.54, 1.807) is 0 Å². The van der Waals surface area contributed by atoms with E-state index in [9.17, 15) is 10.1 Å². The van der Waals surface area contributed by atoms with E-state index >= 15 is 0 Å². The van der Waals surface area contributed by atoms with Crippen LogP contribution in [0, 0.1) is 13.7 Å². The van der Waals surface area contributed by atoms with E-state index in [-0.39, 0.29) is 16.7 Å². The van der Waals surface area contributed by atoms with Crippen molar-refractivity contribution < 1.29 is 4.92 Å². The molecule has 1 aromatic carbocycles. The van der Waals surface area contributed by atoms with E-state index < -0.39 is 0 Å². The van der Waals surface area contributed by atoms with Crippen LogP contribution in [-0.2, 0) is 0 Å². The van der Waals surface area contributed by atoms with Crippen molar-refractivity contribution >= 4 is 44.9 Å². The van der Waals surface area contributed by atoms with Crippen molar-refractivity contribution in [3.8, 4) is 0 Å². The SMILES string of the molecule is CN1CCC(Nc2c([N+](=O)[O-])cnc3ccc(I)cc23)CC1. The quantitative estimate of drug-likeness (QED) is 0.476. The highest BCUT2D eigenvalue weighted by Gasteiger charge is 2.23. The number of nitrogens with one attached hydrogen (secondary N) is 1. The molecule has 0 atom stereocenters. The summed E-state index contributed by atoms with van der Waals surface area (Å²) in [5, 5.41) is 15.6. The van der Waals surface area contributed by atoms with Crippen LogP contribution in [0.5, 0.6) is 0 Å². The highest BCUT2D eigenvalue weighted by molar-refractivity contribution is 14.1. The maximum atomic E-state index is 11.4. The van der Waals surface area contributed by atoms with Gasteiger partial charge in [0.15, 0.2) is 0 Å². The number of rotatable bonds is 3. The smallest absolute Gasteiger partial charge is 0.311 e. The lowest BCUT2D eigenvalue weighted by atomic mass is 10.0. The third-order valence-corrected chi connectivity index (χ3v) is 4.74. The number of fused-ring (bicyclic) bond motifs is 1. The van der Waals surface area contributed by atoms with Gasteiger partial charge in [-0.2, -0.15) is 0 Å². The van der Waals surface area contributed by atoms with Crippen LogP contribution in [0.2, 0.25) is 0 Å². The Balaban J connectivity index is 2.02. The first kappa shape index (κ1) is 15.4. The van der Waals surface area contributed by atoms with Crippen LogP contribution in [0.15, 0.2) is 24.4 Å². The number of hydrogen-bond donors (Lipinski definition) is 1. The number of aromatic nitrogens is 1. The molecule has 2 heterocycles. The van der Waals surface area contributed by atoms with Crippen molar-refractivity contribution in [2.45, 2.75) is 18.9 Å². The fourth-order valence-electron chi connectivity index (χ4n) is 2.80. The molecule has 1 aliphatic rings. The molecule has 0 bridgehead atoms. The molecular weight excluding hydrogens is 395 g/mol. The molecule has 1 N–H and O–H groups in total. The summed E-state index contributed by atoms with van der Waals surface area (Å²) < 4.78 is 1.04. The van der Waals surface area contributed by atoms with Gasteiger partial charge >= 0.3 is 5.69 Å². The second-order valence-corrected chi connectivity index (χ2v) is 6.90. The van der Waals surface area contributed by atoms with Crippen LogP contribution in [0.3, 0.4) is 0 Å². The lowest BCUT2D eigenvalue weighted by Crippen LogP contribution is -2.36. The summed E-state index contributed by atoms with van der Waals surface area (Å²) in [5.41, 5.74) is 1.43. The normalized spacial score (nSPS) is 16.8.